The van der Waals surface area contributed by atoms with Gasteiger partial charge in [-0.15, -0.1) is 0 Å². The first-order valence-electron chi connectivity index (χ1n) is 7.32. The van der Waals surface area contributed by atoms with Crippen LogP contribution in [0.4, 0.5) is 13.2 Å². The second-order valence-corrected chi connectivity index (χ2v) is 6.27. The number of rotatable bonds is 1. The molecule has 21 heavy (non-hydrogen) atoms. The number of carbonyl (C=O) groups is 1. The number of nitrogens with one attached hydrogen (secondary N) is 1. The molecule has 114 valence electrons. The molecule has 1 aliphatic heterocycles. The molecular formula is C16H18F3NO. The van der Waals surface area contributed by atoms with Crippen LogP contribution in [0.25, 0.3) is 0 Å². The van der Waals surface area contributed by atoms with Crippen LogP contribution in [-0.4, -0.2) is 12.1 Å². The first-order chi connectivity index (χ1) is 9.91. The first-order valence-corrected chi connectivity index (χ1v) is 7.32. The molecule has 2 fully saturated rings. The van der Waals surface area contributed by atoms with Crippen molar-refractivity contribution in [2.45, 2.75) is 44.3 Å². The largest absolute Gasteiger partial charge is 0.391 e. The van der Waals surface area contributed by atoms with Gasteiger partial charge in [0.15, 0.2) is 0 Å². The van der Waals surface area contributed by atoms with Gasteiger partial charge < -0.3 is 5.32 Å². The van der Waals surface area contributed by atoms with Crippen molar-refractivity contribution in [1.29, 1.82) is 0 Å². The maximum absolute atomic E-state index is 12.8. The zero-order valence-corrected chi connectivity index (χ0v) is 11.6. The third-order valence-corrected chi connectivity index (χ3v) is 5.01. The lowest BCUT2D eigenvalue weighted by Crippen LogP contribution is -2.37. The van der Waals surface area contributed by atoms with Crippen molar-refractivity contribution in [3.63, 3.8) is 0 Å². The SMILES string of the molecule is O=C1CC2(CCC(C(F)(F)F)CC2)C(c2ccccc2)N1. The number of alkyl halides is 3. The van der Waals surface area contributed by atoms with E-state index in [1.807, 2.05) is 30.3 Å². The normalized spacial score (nSPS) is 33.2. The Hall–Kier alpha value is -1.52. The molecular weight excluding hydrogens is 279 g/mol. The molecule has 0 aromatic heterocycles. The zero-order chi connectivity index (χ0) is 15.1. The van der Waals surface area contributed by atoms with E-state index in [2.05, 4.69) is 5.32 Å². The van der Waals surface area contributed by atoms with Crippen LogP contribution in [0.2, 0.25) is 0 Å². The Labute approximate surface area is 121 Å². The van der Waals surface area contributed by atoms with Crippen LogP contribution in [0, 0.1) is 11.3 Å². The molecule has 1 aliphatic carbocycles. The molecule has 1 spiro atoms. The Bertz CT molecular complexity index is 518. The number of hydrogen-bond acceptors (Lipinski definition) is 1. The van der Waals surface area contributed by atoms with Gasteiger partial charge in [-0.3, -0.25) is 4.79 Å². The molecule has 1 atom stereocenters. The van der Waals surface area contributed by atoms with Gasteiger partial charge in [-0.2, -0.15) is 13.2 Å². The number of halogens is 3. The van der Waals surface area contributed by atoms with E-state index < -0.39 is 12.1 Å². The highest BCUT2D eigenvalue weighted by atomic mass is 19.4. The van der Waals surface area contributed by atoms with E-state index in [4.69, 9.17) is 0 Å². The summed E-state index contributed by atoms with van der Waals surface area (Å²) < 4.78 is 38.5. The molecule has 5 heteroatoms. The van der Waals surface area contributed by atoms with Crippen molar-refractivity contribution in [3.8, 4) is 0 Å². The summed E-state index contributed by atoms with van der Waals surface area (Å²) in [6.07, 6.45) is -2.61. The van der Waals surface area contributed by atoms with E-state index in [0.717, 1.165) is 5.56 Å². The molecule has 3 rings (SSSR count). The van der Waals surface area contributed by atoms with Crippen LogP contribution < -0.4 is 5.32 Å². The molecule has 1 N–H and O–H groups in total. The van der Waals surface area contributed by atoms with Crippen LogP contribution in [0.1, 0.15) is 43.7 Å². The van der Waals surface area contributed by atoms with Crippen molar-refractivity contribution in [3.05, 3.63) is 35.9 Å². The Morgan fingerprint density at radius 2 is 1.71 bits per heavy atom. The van der Waals surface area contributed by atoms with Crippen molar-refractivity contribution in [1.82, 2.24) is 5.32 Å². The Kier molecular flexibility index (Phi) is 3.46. The van der Waals surface area contributed by atoms with Crippen LogP contribution in [0.5, 0.6) is 0 Å². The minimum Gasteiger partial charge on any atom is -0.349 e. The van der Waals surface area contributed by atoms with Gasteiger partial charge in [0.05, 0.1) is 12.0 Å². The van der Waals surface area contributed by atoms with E-state index in [0.29, 0.717) is 19.3 Å². The molecule has 0 bridgehead atoms. The molecule has 1 heterocycles. The van der Waals surface area contributed by atoms with Crippen LogP contribution in [0.15, 0.2) is 30.3 Å². The average Bonchev–Trinajstić information content (AvgIpc) is 2.76. The second kappa shape index (κ2) is 5.04. The van der Waals surface area contributed by atoms with Crippen LogP contribution >= 0.6 is 0 Å². The standard InChI is InChI=1S/C16H18F3NO/c17-16(18,19)12-6-8-15(9-7-12)10-13(21)20-14(15)11-4-2-1-3-5-11/h1-5,12,14H,6-10H2,(H,20,21). The van der Waals surface area contributed by atoms with Gasteiger partial charge in [0.25, 0.3) is 0 Å². The number of hydrogen-bond donors (Lipinski definition) is 1. The van der Waals surface area contributed by atoms with Gasteiger partial charge >= 0.3 is 6.18 Å². The summed E-state index contributed by atoms with van der Waals surface area (Å²) in [4.78, 5) is 11.8. The number of carbonyl (C=O) groups excluding carboxylic acids is 1. The summed E-state index contributed by atoms with van der Waals surface area (Å²) in [6.45, 7) is 0. The molecule has 1 unspecified atom stereocenters. The Balaban J connectivity index is 1.82. The fourth-order valence-corrected chi connectivity index (χ4v) is 3.85. The quantitative estimate of drug-likeness (QED) is 0.834. The molecule has 2 aliphatic rings. The van der Waals surface area contributed by atoms with Gasteiger partial charge in [-0.1, -0.05) is 30.3 Å². The highest BCUT2D eigenvalue weighted by Gasteiger charge is 2.52. The molecule has 1 saturated heterocycles. The highest BCUT2D eigenvalue weighted by Crippen LogP contribution is 2.54. The molecule has 1 saturated carbocycles. The smallest absolute Gasteiger partial charge is 0.349 e. The zero-order valence-electron chi connectivity index (χ0n) is 11.6. The summed E-state index contributed by atoms with van der Waals surface area (Å²) in [6, 6.07) is 9.42. The van der Waals surface area contributed by atoms with E-state index in [1.165, 1.54) is 0 Å². The summed E-state index contributed by atoms with van der Waals surface area (Å²) >= 11 is 0. The Morgan fingerprint density at radius 3 is 2.29 bits per heavy atom. The van der Waals surface area contributed by atoms with Crippen molar-refractivity contribution < 1.29 is 18.0 Å². The third-order valence-electron chi connectivity index (χ3n) is 5.01. The average molecular weight is 297 g/mol. The maximum atomic E-state index is 12.8. The second-order valence-electron chi connectivity index (χ2n) is 6.27. The molecule has 2 nitrogen and oxygen atoms in total. The van der Waals surface area contributed by atoms with Gasteiger partial charge in [-0.05, 0) is 31.2 Å². The van der Waals surface area contributed by atoms with Crippen LogP contribution in [0.3, 0.4) is 0 Å². The molecule has 1 aromatic rings. The van der Waals surface area contributed by atoms with Gasteiger partial charge in [0.2, 0.25) is 5.91 Å². The fourth-order valence-electron chi connectivity index (χ4n) is 3.85. The minimum absolute atomic E-state index is 0.0469. The maximum Gasteiger partial charge on any atom is 0.391 e. The molecule has 0 radical (unpaired) electrons. The summed E-state index contributed by atoms with van der Waals surface area (Å²) in [7, 11) is 0. The van der Waals surface area contributed by atoms with E-state index in [9.17, 15) is 18.0 Å². The predicted octanol–water partition coefficient (Wildman–Crippen LogP) is 3.99. The van der Waals surface area contributed by atoms with Gasteiger partial charge in [0, 0.05) is 11.8 Å². The molecule has 1 aromatic carbocycles. The van der Waals surface area contributed by atoms with Gasteiger partial charge in [0.1, 0.15) is 0 Å². The van der Waals surface area contributed by atoms with Crippen LogP contribution in [-0.2, 0) is 4.79 Å². The lowest BCUT2D eigenvalue weighted by atomic mass is 9.65. The summed E-state index contributed by atoms with van der Waals surface area (Å²) in [5.74, 6) is -1.26. The van der Waals surface area contributed by atoms with E-state index in [1.54, 1.807) is 0 Å². The van der Waals surface area contributed by atoms with Crippen molar-refractivity contribution in [2.24, 2.45) is 11.3 Å². The van der Waals surface area contributed by atoms with Crippen molar-refractivity contribution >= 4 is 5.91 Å². The fraction of sp³-hybridized carbons (Fsp3) is 0.562. The Morgan fingerprint density at radius 1 is 1.10 bits per heavy atom. The van der Waals surface area contributed by atoms with Gasteiger partial charge in [-0.25, -0.2) is 0 Å². The topological polar surface area (TPSA) is 29.1 Å². The number of amides is 1. The van der Waals surface area contributed by atoms with Crippen molar-refractivity contribution in [2.75, 3.05) is 0 Å². The number of benzene rings is 1. The minimum atomic E-state index is -4.11. The lowest BCUT2D eigenvalue weighted by molar-refractivity contribution is -0.188. The highest BCUT2D eigenvalue weighted by molar-refractivity contribution is 5.80. The first kappa shape index (κ1) is 14.4. The monoisotopic (exact) mass is 297 g/mol. The molecule has 1 amide bonds. The lowest BCUT2D eigenvalue weighted by Gasteiger charge is -2.41. The van der Waals surface area contributed by atoms with E-state index >= 15 is 0 Å². The predicted molar refractivity (Wildman–Crippen MR) is 72.4 cm³/mol. The third kappa shape index (κ3) is 2.65. The summed E-state index contributed by atoms with van der Waals surface area (Å²) in [5, 5.41) is 2.96. The summed E-state index contributed by atoms with van der Waals surface area (Å²) in [5.41, 5.74) is 0.647. The van der Waals surface area contributed by atoms with E-state index in [-0.39, 0.29) is 30.2 Å².